The lowest BCUT2D eigenvalue weighted by Gasteiger charge is -2.38. The molecule has 0 bridgehead atoms. The molecule has 0 aromatic heterocycles. The molecular formula is C5H12ClN2OP. The maximum absolute atomic E-state index is 11.5. The van der Waals surface area contributed by atoms with Crippen LogP contribution in [0.4, 0.5) is 0 Å². The lowest BCUT2D eigenvalue weighted by atomic mass is 10.6. The van der Waals surface area contributed by atoms with Gasteiger partial charge in [-0.3, -0.25) is 0 Å². The van der Waals surface area contributed by atoms with E-state index in [1.54, 1.807) is 7.05 Å². The lowest BCUT2D eigenvalue weighted by molar-refractivity contribution is -0.722. The lowest BCUT2D eigenvalue weighted by Crippen LogP contribution is -2.28. The van der Waals surface area contributed by atoms with Crippen molar-refractivity contribution in [2.24, 2.45) is 0 Å². The van der Waals surface area contributed by atoms with Crippen molar-refractivity contribution in [1.82, 2.24) is 4.67 Å². The fraction of sp³-hybridized carbons (Fsp3) is 1.00. The van der Waals surface area contributed by atoms with Gasteiger partial charge < -0.3 is 9.62 Å². The summed E-state index contributed by atoms with van der Waals surface area (Å²) in [6, 6.07) is 0. The maximum Gasteiger partial charge on any atom is 0.200 e. The maximum atomic E-state index is 11.5. The summed E-state index contributed by atoms with van der Waals surface area (Å²) in [5, 5.41) is 11.5. The summed E-state index contributed by atoms with van der Waals surface area (Å²) in [4.78, 5) is 0. The Morgan fingerprint density at radius 1 is 1.80 bits per heavy atom. The number of likely N-dealkylation sites (N-methyl/N-ethyl adjacent to an activating group) is 2. The van der Waals surface area contributed by atoms with Crippen LogP contribution < -0.4 is 0 Å². The second-order valence-electron chi connectivity index (χ2n) is 2.65. The summed E-state index contributed by atoms with van der Waals surface area (Å²) in [5.74, 6) is 0. The second-order valence-corrected chi connectivity index (χ2v) is 5.88. The number of hydroxylamine groups is 2. The molecule has 60 valence electrons. The molecule has 1 aliphatic heterocycles. The summed E-state index contributed by atoms with van der Waals surface area (Å²) in [7, 11) is 3.01. The zero-order valence-electron chi connectivity index (χ0n) is 6.25. The Balaban J connectivity index is 2.63. The standard InChI is InChI=1S/C5H12ClN2OP/c1-7-3-4-8(2,9)10(7)5-6/h3-5H2,1-2H3. The minimum absolute atomic E-state index is 0.144. The predicted molar refractivity (Wildman–Crippen MR) is 44.7 cm³/mol. The van der Waals surface area contributed by atoms with E-state index in [1.165, 1.54) is 0 Å². The van der Waals surface area contributed by atoms with E-state index < -0.39 is 8.22 Å². The molecule has 0 aromatic rings. The molecule has 0 aromatic carbocycles. The molecule has 2 unspecified atom stereocenters. The monoisotopic (exact) mass is 182 g/mol. The van der Waals surface area contributed by atoms with E-state index in [0.29, 0.717) is 12.2 Å². The van der Waals surface area contributed by atoms with Gasteiger partial charge in [0.05, 0.1) is 20.1 Å². The normalized spacial score (nSPS) is 42.6. The van der Waals surface area contributed by atoms with Gasteiger partial charge in [0.15, 0.2) is 8.22 Å². The van der Waals surface area contributed by atoms with Crippen LogP contribution in [0, 0.1) is 5.21 Å². The highest BCUT2D eigenvalue weighted by molar-refractivity contribution is 7.51. The van der Waals surface area contributed by atoms with E-state index in [1.807, 2.05) is 7.05 Å². The Hall–Kier alpha value is 0.600. The van der Waals surface area contributed by atoms with Crippen LogP contribution in [0.3, 0.4) is 0 Å². The molecule has 0 radical (unpaired) electrons. The molecular weight excluding hydrogens is 170 g/mol. The van der Waals surface area contributed by atoms with Crippen molar-refractivity contribution in [1.29, 1.82) is 0 Å². The zero-order valence-corrected chi connectivity index (χ0v) is 7.90. The largest absolute Gasteiger partial charge is 0.631 e. The second kappa shape index (κ2) is 2.92. The Bertz CT molecular complexity index is 133. The third-order valence-corrected chi connectivity index (χ3v) is 4.85. The third-order valence-electron chi connectivity index (χ3n) is 1.83. The Morgan fingerprint density at radius 3 is 2.60 bits per heavy atom. The molecule has 1 fully saturated rings. The SMILES string of the molecule is CN1CC[N+](C)([O-])P1CCl. The van der Waals surface area contributed by atoms with Crippen LogP contribution >= 0.6 is 19.8 Å². The number of nitrogens with zero attached hydrogens (tertiary/aromatic N) is 2. The molecule has 0 amide bonds. The molecule has 1 rings (SSSR count). The highest BCUT2D eigenvalue weighted by Crippen LogP contribution is 2.52. The molecule has 0 aliphatic carbocycles. The average molecular weight is 183 g/mol. The van der Waals surface area contributed by atoms with Crippen LogP contribution in [-0.4, -0.2) is 41.9 Å². The number of alkyl halides is 1. The van der Waals surface area contributed by atoms with Crippen molar-refractivity contribution in [2.75, 3.05) is 32.8 Å². The fourth-order valence-corrected chi connectivity index (χ4v) is 4.01. The zero-order chi connectivity index (χ0) is 7.78. The Labute approximate surface area is 67.6 Å². The van der Waals surface area contributed by atoms with Gasteiger partial charge in [0, 0.05) is 0 Å². The average Bonchev–Trinajstić information content (AvgIpc) is 2.07. The fourth-order valence-electron chi connectivity index (χ4n) is 1.09. The van der Waals surface area contributed by atoms with Crippen molar-refractivity contribution in [2.45, 2.75) is 0 Å². The van der Waals surface area contributed by atoms with Crippen molar-refractivity contribution < 1.29 is 4.42 Å². The van der Waals surface area contributed by atoms with E-state index in [9.17, 15) is 5.21 Å². The number of rotatable bonds is 1. The van der Waals surface area contributed by atoms with Gasteiger partial charge >= 0.3 is 0 Å². The van der Waals surface area contributed by atoms with Crippen molar-refractivity contribution in [3.8, 4) is 0 Å². The first-order valence-electron chi connectivity index (χ1n) is 3.19. The van der Waals surface area contributed by atoms with Gasteiger partial charge in [0.25, 0.3) is 0 Å². The van der Waals surface area contributed by atoms with Crippen LogP contribution in [0.15, 0.2) is 0 Å². The first-order valence-corrected chi connectivity index (χ1v) is 5.16. The van der Waals surface area contributed by atoms with Gasteiger partial charge in [-0.2, -0.15) is 0 Å². The smallest absolute Gasteiger partial charge is 0.200 e. The van der Waals surface area contributed by atoms with Crippen LogP contribution in [0.5, 0.6) is 0 Å². The molecule has 1 saturated heterocycles. The Morgan fingerprint density at radius 2 is 2.40 bits per heavy atom. The molecule has 3 nitrogen and oxygen atoms in total. The van der Waals surface area contributed by atoms with E-state index >= 15 is 0 Å². The Kier molecular flexibility index (Phi) is 2.54. The molecule has 0 spiro atoms. The summed E-state index contributed by atoms with van der Waals surface area (Å²) >= 11 is 5.66. The van der Waals surface area contributed by atoms with Gasteiger partial charge in [0.1, 0.15) is 5.62 Å². The van der Waals surface area contributed by atoms with Crippen LogP contribution in [0.1, 0.15) is 0 Å². The first-order chi connectivity index (χ1) is 4.58. The van der Waals surface area contributed by atoms with Crippen LogP contribution in [-0.2, 0) is 0 Å². The third kappa shape index (κ3) is 1.44. The first kappa shape index (κ1) is 8.69. The quantitative estimate of drug-likeness (QED) is 0.348. The molecule has 1 heterocycles. The highest BCUT2D eigenvalue weighted by atomic mass is 35.5. The minimum atomic E-state index is -0.667. The molecule has 1 aliphatic rings. The van der Waals surface area contributed by atoms with Crippen molar-refractivity contribution in [3.05, 3.63) is 5.21 Å². The van der Waals surface area contributed by atoms with E-state index in [2.05, 4.69) is 4.67 Å². The van der Waals surface area contributed by atoms with Gasteiger partial charge in [-0.15, -0.1) is 11.6 Å². The topological polar surface area (TPSA) is 26.3 Å². The van der Waals surface area contributed by atoms with Gasteiger partial charge in [-0.1, -0.05) is 0 Å². The van der Waals surface area contributed by atoms with Crippen molar-refractivity contribution in [3.63, 3.8) is 0 Å². The number of halogens is 1. The number of hydrogen-bond donors (Lipinski definition) is 0. The molecule has 2 atom stereocenters. The summed E-state index contributed by atoms with van der Waals surface area (Å²) < 4.78 is 1.94. The van der Waals surface area contributed by atoms with Crippen molar-refractivity contribution >= 4 is 19.8 Å². The minimum Gasteiger partial charge on any atom is -0.631 e. The van der Waals surface area contributed by atoms with E-state index in [0.717, 1.165) is 6.54 Å². The van der Waals surface area contributed by atoms with Gasteiger partial charge in [-0.25, -0.2) is 4.67 Å². The molecule has 0 saturated carbocycles. The molecule has 0 N–H and O–H groups in total. The van der Waals surface area contributed by atoms with Gasteiger partial charge in [-0.05, 0) is 7.05 Å². The van der Waals surface area contributed by atoms with E-state index in [-0.39, 0.29) is 4.42 Å². The summed E-state index contributed by atoms with van der Waals surface area (Å²) in [6.07, 6.45) is 0. The number of quaternary nitrogens is 1. The predicted octanol–water partition coefficient (Wildman–Crippen LogP) is 1.38. The summed E-state index contributed by atoms with van der Waals surface area (Å²) in [5.41, 5.74) is 0.492. The highest BCUT2D eigenvalue weighted by Gasteiger charge is 2.36. The van der Waals surface area contributed by atoms with Crippen LogP contribution in [0.2, 0.25) is 0 Å². The molecule has 5 heteroatoms. The van der Waals surface area contributed by atoms with E-state index in [4.69, 9.17) is 11.6 Å². The van der Waals surface area contributed by atoms with Crippen LogP contribution in [0.25, 0.3) is 0 Å². The van der Waals surface area contributed by atoms with Gasteiger partial charge in [0.2, 0.25) is 0 Å². The number of hydrogen-bond acceptors (Lipinski definition) is 2. The summed E-state index contributed by atoms with van der Waals surface area (Å²) in [6.45, 7) is 1.58. The molecule has 10 heavy (non-hydrogen) atoms.